The average molecular weight is 392 g/mol. The highest BCUT2D eigenvalue weighted by Crippen LogP contribution is 2.28. The fourth-order valence-electron chi connectivity index (χ4n) is 2.47. The van der Waals surface area contributed by atoms with E-state index < -0.39 is 0 Å². The Bertz CT molecular complexity index is 957. The number of hydrogen-bond donors (Lipinski definition) is 2. The highest BCUT2D eigenvalue weighted by Gasteiger charge is 2.07. The molecule has 6 heteroatoms. The minimum atomic E-state index is -0.319. The predicted molar refractivity (Wildman–Crippen MR) is 112 cm³/mol. The van der Waals surface area contributed by atoms with E-state index in [0.29, 0.717) is 16.9 Å². The number of phenolic OH excluding ortho intramolecular Hbond substituents is 1. The number of benzene rings is 3. The predicted octanol–water partition coefficient (Wildman–Crippen LogP) is 4.46. The van der Waals surface area contributed by atoms with E-state index in [-0.39, 0.29) is 11.7 Å². The van der Waals surface area contributed by atoms with Gasteiger partial charge in [0.2, 0.25) is 0 Å². The Hall–Kier alpha value is -3.25. The largest absolute Gasteiger partial charge is 0.504 e. The van der Waals surface area contributed by atoms with E-state index in [2.05, 4.69) is 22.7 Å². The number of amides is 1. The first kappa shape index (κ1) is 19.5. The molecule has 28 heavy (non-hydrogen) atoms. The number of phenols is 1. The summed E-state index contributed by atoms with van der Waals surface area (Å²) in [7, 11) is 1.47. The van der Waals surface area contributed by atoms with Crippen LogP contribution in [0.2, 0.25) is 0 Å². The van der Waals surface area contributed by atoms with Crippen molar-refractivity contribution in [2.75, 3.05) is 7.11 Å². The number of ether oxygens (including phenoxy) is 1. The molecule has 0 fully saturated rings. The Balaban J connectivity index is 1.56. The van der Waals surface area contributed by atoms with Crippen LogP contribution in [-0.4, -0.2) is 24.3 Å². The van der Waals surface area contributed by atoms with Crippen LogP contribution in [0.5, 0.6) is 11.5 Å². The van der Waals surface area contributed by atoms with Crippen molar-refractivity contribution in [2.24, 2.45) is 5.10 Å². The molecule has 0 unspecified atom stereocenters. The van der Waals surface area contributed by atoms with Crippen molar-refractivity contribution in [3.05, 3.63) is 89.5 Å². The molecule has 0 atom stereocenters. The van der Waals surface area contributed by atoms with Crippen molar-refractivity contribution < 1.29 is 14.6 Å². The maximum absolute atomic E-state index is 12.2. The minimum absolute atomic E-state index is 0.0248. The molecule has 142 valence electrons. The molecular formula is C22H20N2O3S. The second-order valence-corrected chi connectivity index (χ2v) is 6.94. The van der Waals surface area contributed by atoms with Gasteiger partial charge in [-0.1, -0.05) is 36.4 Å². The summed E-state index contributed by atoms with van der Waals surface area (Å²) in [5, 5.41) is 13.9. The van der Waals surface area contributed by atoms with Crippen molar-refractivity contribution in [3.8, 4) is 11.5 Å². The van der Waals surface area contributed by atoms with Crippen LogP contribution >= 0.6 is 11.8 Å². The molecule has 0 saturated carbocycles. The SMILES string of the molecule is COc1cccc(/C=N\NC(=O)c2ccc(CSc3ccccc3)cc2)c1O. The van der Waals surface area contributed by atoms with E-state index in [0.717, 1.165) is 11.3 Å². The van der Waals surface area contributed by atoms with Crippen molar-refractivity contribution in [1.82, 2.24) is 5.43 Å². The van der Waals surface area contributed by atoms with E-state index in [1.54, 1.807) is 42.1 Å². The molecule has 0 aliphatic rings. The van der Waals surface area contributed by atoms with Gasteiger partial charge in [0.05, 0.1) is 13.3 Å². The normalized spacial score (nSPS) is 10.8. The van der Waals surface area contributed by atoms with Gasteiger partial charge in [-0.2, -0.15) is 5.10 Å². The summed E-state index contributed by atoms with van der Waals surface area (Å²) < 4.78 is 5.04. The Kier molecular flexibility index (Phi) is 6.70. The van der Waals surface area contributed by atoms with E-state index in [1.807, 2.05) is 30.3 Å². The standard InChI is InChI=1S/C22H20N2O3S/c1-27-20-9-5-6-18(21(20)25)14-23-24-22(26)17-12-10-16(11-13-17)15-28-19-7-3-2-4-8-19/h2-14,25H,15H2,1H3,(H,24,26)/b23-14-. The summed E-state index contributed by atoms with van der Waals surface area (Å²) in [6, 6.07) is 22.6. The number of hydrogen-bond acceptors (Lipinski definition) is 5. The molecule has 3 aromatic carbocycles. The molecule has 0 heterocycles. The summed E-state index contributed by atoms with van der Waals surface area (Å²) in [4.78, 5) is 13.4. The van der Waals surface area contributed by atoms with Crippen LogP contribution < -0.4 is 10.2 Å². The molecular weight excluding hydrogens is 372 g/mol. The fourth-order valence-corrected chi connectivity index (χ4v) is 3.34. The average Bonchev–Trinajstić information content (AvgIpc) is 2.74. The number of para-hydroxylation sites is 1. The summed E-state index contributed by atoms with van der Waals surface area (Å²) in [5.74, 6) is 0.836. The molecule has 0 aliphatic carbocycles. The maximum Gasteiger partial charge on any atom is 0.271 e. The topological polar surface area (TPSA) is 70.9 Å². The molecule has 0 saturated heterocycles. The van der Waals surface area contributed by atoms with Gasteiger partial charge in [0.1, 0.15) is 0 Å². The van der Waals surface area contributed by atoms with Gasteiger partial charge in [0.15, 0.2) is 11.5 Å². The third-order valence-corrected chi connectivity index (χ3v) is 5.07. The number of thioether (sulfide) groups is 1. The molecule has 0 aromatic heterocycles. The third-order valence-electron chi connectivity index (χ3n) is 3.98. The summed E-state index contributed by atoms with van der Waals surface area (Å²) in [6.07, 6.45) is 1.38. The lowest BCUT2D eigenvalue weighted by Gasteiger charge is -2.05. The van der Waals surface area contributed by atoms with Crippen LogP contribution in [0.25, 0.3) is 0 Å². The lowest BCUT2D eigenvalue weighted by molar-refractivity contribution is 0.0955. The number of nitrogens with zero attached hydrogens (tertiary/aromatic N) is 1. The third kappa shape index (κ3) is 5.14. The van der Waals surface area contributed by atoms with E-state index >= 15 is 0 Å². The molecule has 1 amide bonds. The number of carbonyl (C=O) groups is 1. The Morgan fingerprint density at radius 1 is 1.07 bits per heavy atom. The summed E-state index contributed by atoms with van der Waals surface area (Å²) in [5.41, 5.74) is 4.56. The van der Waals surface area contributed by atoms with E-state index in [1.165, 1.54) is 18.2 Å². The quantitative estimate of drug-likeness (QED) is 0.354. The Labute approximate surface area is 168 Å². The van der Waals surface area contributed by atoms with Crippen LogP contribution in [0.1, 0.15) is 21.5 Å². The smallest absolute Gasteiger partial charge is 0.271 e. The molecule has 0 spiro atoms. The first-order valence-corrected chi connectivity index (χ1v) is 9.62. The Morgan fingerprint density at radius 2 is 1.82 bits per heavy atom. The first-order valence-electron chi connectivity index (χ1n) is 8.63. The zero-order valence-electron chi connectivity index (χ0n) is 15.3. The summed E-state index contributed by atoms with van der Waals surface area (Å²) in [6.45, 7) is 0. The van der Waals surface area contributed by atoms with Gasteiger partial charge in [-0.05, 0) is 42.0 Å². The zero-order chi connectivity index (χ0) is 19.8. The monoisotopic (exact) mass is 392 g/mol. The molecule has 2 N–H and O–H groups in total. The molecule has 3 rings (SSSR count). The molecule has 0 aliphatic heterocycles. The van der Waals surface area contributed by atoms with Gasteiger partial charge >= 0.3 is 0 Å². The number of methoxy groups -OCH3 is 1. The first-order chi connectivity index (χ1) is 13.7. The van der Waals surface area contributed by atoms with Gasteiger partial charge in [0.25, 0.3) is 5.91 Å². The van der Waals surface area contributed by atoms with Crippen molar-refractivity contribution in [3.63, 3.8) is 0 Å². The second kappa shape index (κ2) is 9.62. The van der Waals surface area contributed by atoms with Crippen LogP contribution in [-0.2, 0) is 5.75 Å². The van der Waals surface area contributed by atoms with Gasteiger partial charge in [-0.25, -0.2) is 5.43 Å². The fraction of sp³-hybridized carbons (Fsp3) is 0.0909. The van der Waals surface area contributed by atoms with Crippen LogP contribution in [0, 0.1) is 0 Å². The lowest BCUT2D eigenvalue weighted by atomic mass is 10.1. The summed E-state index contributed by atoms with van der Waals surface area (Å²) >= 11 is 1.75. The molecule has 3 aromatic rings. The van der Waals surface area contributed by atoms with Crippen molar-refractivity contribution >= 4 is 23.9 Å². The zero-order valence-corrected chi connectivity index (χ0v) is 16.1. The van der Waals surface area contributed by atoms with Gasteiger partial charge in [-0.3, -0.25) is 4.79 Å². The molecule has 0 bridgehead atoms. The van der Waals surface area contributed by atoms with E-state index in [9.17, 15) is 9.90 Å². The number of aromatic hydroxyl groups is 1. The number of rotatable bonds is 7. The minimum Gasteiger partial charge on any atom is -0.504 e. The van der Waals surface area contributed by atoms with E-state index in [4.69, 9.17) is 4.74 Å². The van der Waals surface area contributed by atoms with Gasteiger partial charge < -0.3 is 9.84 Å². The number of carbonyl (C=O) groups excluding carboxylic acids is 1. The van der Waals surface area contributed by atoms with Crippen molar-refractivity contribution in [1.29, 1.82) is 0 Å². The van der Waals surface area contributed by atoms with Crippen molar-refractivity contribution in [2.45, 2.75) is 10.6 Å². The Morgan fingerprint density at radius 3 is 2.54 bits per heavy atom. The highest BCUT2D eigenvalue weighted by molar-refractivity contribution is 7.98. The van der Waals surface area contributed by atoms with Gasteiger partial charge in [0, 0.05) is 21.8 Å². The maximum atomic E-state index is 12.2. The number of nitrogens with one attached hydrogen (secondary N) is 1. The van der Waals surface area contributed by atoms with Crippen LogP contribution in [0.4, 0.5) is 0 Å². The second-order valence-electron chi connectivity index (χ2n) is 5.90. The lowest BCUT2D eigenvalue weighted by Crippen LogP contribution is -2.17. The molecule has 5 nitrogen and oxygen atoms in total. The van der Waals surface area contributed by atoms with Gasteiger partial charge in [-0.15, -0.1) is 11.8 Å². The van der Waals surface area contributed by atoms with Crippen LogP contribution in [0.3, 0.4) is 0 Å². The van der Waals surface area contributed by atoms with Crippen LogP contribution in [0.15, 0.2) is 82.8 Å². The number of hydrazone groups is 1. The highest BCUT2D eigenvalue weighted by atomic mass is 32.2. The molecule has 0 radical (unpaired) electrons.